The van der Waals surface area contributed by atoms with Crippen LogP contribution in [0, 0.1) is 6.92 Å². The molecule has 0 aromatic heterocycles. The zero-order chi connectivity index (χ0) is 18.0. The third-order valence-corrected chi connectivity index (χ3v) is 4.54. The number of aryl methyl sites for hydroxylation is 1. The van der Waals surface area contributed by atoms with Crippen molar-refractivity contribution in [3.05, 3.63) is 59.7 Å². The maximum absolute atomic E-state index is 12.5. The zero-order valence-corrected chi connectivity index (χ0v) is 15.1. The molecular weight excluding hydrogens is 324 g/mol. The fourth-order valence-corrected chi connectivity index (χ4v) is 3.23. The number of amides is 1. The van der Waals surface area contributed by atoms with Crippen molar-refractivity contribution in [1.29, 1.82) is 0 Å². The summed E-state index contributed by atoms with van der Waals surface area (Å²) in [6.45, 7) is 7.48. The van der Waals surface area contributed by atoms with E-state index in [1.807, 2.05) is 33.8 Å². The Labute approximate surface area is 143 Å². The Morgan fingerprint density at radius 1 is 1.00 bits per heavy atom. The molecule has 2 N–H and O–H groups in total. The first kappa shape index (κ1) is 18.0. The van der Waals surface area contributed by atoms with Gasteiger partial charge in [0.25, 0.3) is 15.9 Å². The average Bonchev–Trinajstić information content (AvgIpc) is 2.45. The van der Waals surface area contributed by atoms with Gasteiger partial charge in [-0.15, -0.1) is 0 Å². The fourth-order valence-electron chi connectivity index (χ4n) is 2.14. The molecule has 2 aromatic carbocycles. The van der Waals surface area contributed by atoms with Crippen molar-refractivity contribution in [2.45, 2.75) is 38.1 Å². The standard InChI is InChI=1S/C18H22N2O3S/c1-13-7-5-9-15(11-13)20-24(22,23)16-10-6-8-14(12-16)17(21)19-18(2,3)4/h5-12,20H,1-4H3,(H,19,21). The first-order valence-electron chi connectivity index (χ1n) is 7.59. The Morgan fingerprint density at radius 2 is 1.67 bits per heavy atom. The fraction of sp³-hybridized carbons (Fsp3) is 0.278. The third-order valence-electron chi connectivity index (χ3n) is 3.17. The number of hydrogen-bond donors (Lipinski definition) is 2. The molecule has 2 aromatic rings. The number of benzene rings is 2. The molecule has 2 rings (SSSR count). The second kappa shape index (κ2) is 6.65. The molecule has 0 heterocycles. The van der Waals surface area contributed by atoms with Gasteiger partial charge < -0.3 is 5.32 Å². The summed E-state index contributed by atoms with van der Waals surface area (Å²) in [5, 5.41) is 2.82. The lowest BCUT2D eigenvalue weighted by molar-refractivity contribution is 0.0919. The molecule has 0 radical (unpaired) electrons. The molecule has 24 heavy (non-hydrogen) atoms. The highest BCUT2D eigenvalue weighted by Crippen LogP contribution is 2.18. The number of carbonyl (C=O) groups excluding carboxylic acids is 1. The van der Waals surface area contributed by atoms with Gasteiger partial charge in [-0.1, -0.05) is 18.2 Å². The van der Waals surface area contributed by atoms with Crippen LogP contribution in [-0.4, -0.2) is 19.9 Å². The van der Waals surface area contributed by atoms with Crippen molar-refractivity contribution in [1.82, 2.24) is 5.32 Å². The second-order valence-corrected chi connectivity index (χ2v) is 8.39. The summed E-state index contributed by atoms with van der Waals surface area (Å²) < 4.78 is 27.6. The summed E-state index contributed by atoms with van der Waals surface area (Å²) in [4.78, 5) is 12.3. The maximum atomic E-state index is 12.5. The lowest BCUT2D eigenvalue weighted by Gasteiger charge is -2.20. The van der Waals surface area contributed by atoms with Gasteiger partial charge in [0.05, 0.1) is 4.90 Å². The number of sulfonamides is 1. The Hall–Kier alpha value is -2.34. The maximum Gasteiger partial charge on any atom is 0.261 e. The molecule has 0 bridgehead atoms. The molecule has 0 atom stereocenters. The van der Waals surface area contributed by atoms with Crippen LogP contribution in [0.2, 0.25) is 0 Å². The molecular formula is C18H22N2O3S. The van der Waals surface area contributed by atoms with Crippen molar-refractivity contribution in [3.63, 3.8) is 0 Å². The zero-order valence-electron chi connectivity index (χ0n) is 14.3. The smallest absolute Gasteiger partial charge is 0.261 e. The van der Waals surface area contributed by atoms with E-state index in [1.54, 1.807) is 30.3 Å². The van der Waals surface area contributed by atoms with Crippen molar-refractivity contribution in [2.75, 3.05) is 4.72 Å². The van der Waals surface area contributed by atoms with E-state index in [9.17, 15) is 13.2 Å². The van der Waals surface area contributed by atoms with E-state index in [-0.39, 0.29) is 10.8 Å². The summed E-state index contributed by atoms with van der Waals surface area (Å²) in [7, 11) is -3.76. The van der Waals surface area contributed by atoms with Crippen molar-refractivity contribution < 1.29 is 13.2 Å². The van der Waals surface area contributed by atoms with E-state index >= 15 is 0 Å². The van der Waals surface area contributed by atoms with Gasteiger partial charge in [-0.3, -0.25) is 9.52 Å². The summed E-state index contributed by atoms with van der Waals surface area (Å²) >= 11 is 0. The molecule has 0 saturated carbocycles. The van der Waals surface area contributed by atoms with Crippen LogP contribution in [0.5, 0.6) is 0 Å². The Bertz CT molecular complexity index is 853. The van der Waals surface area contributed by atoms with Crippen LogP contribution < -0.4 is 10.0 Å². The Kier molecular flexibility index (Phi) is 4.99. The molecule has 0 aliphatic carbocycles. The Morgan fingerprint density at radius 3 is 2.29 bits per heavy atom. The van der Waals surface area contributed by atoms with E-state index in [4.69, 9.17) is 0 Å². The third kappa shape index (κ3) is 4.83. The number of hydrogen-bond acceptors (Lipinski definition) is 3. The highest BCUT2D eigenvalue weighted by molar-refractivity contribution is 7.92. The van der Waals surface area contributed by atoms with E-state index in [1.165, 1.54) is 12.1 Å². The highest BCUT2D eigenvalue weighted by Gasteiger charge is 2.19. The normalized spacial score (nSPS) is 11.8. The molecule has 1 amide bonds. The topological polar surface area (TPSA) is 75.3 Å². The van der Waals surface area contributed by atoms with Crippen LogP contribution in [0.25, 0.3) is 0 Å². The van der Waals surface area contributed by atoms with E-state index < -0.39 is 15.6 Å². The minimum atomic E-state index is -3.76. The van der Waals surface area contributed by atoms with Gasteiger partial charge in [0.15, 0.2) is 0 Å². The van der Waals surface area contributed by atoms with Crippen molar-refractivity contribution in [2.24, 2.45) is 0 Å². The number of carbonyl (C=O) groups is 1. The first-order valence-corrected chi connectivity index (χ1v) is 9.07. The SMILES string of the molecule is Cc1cccc(NS(=O)(=O)c2cccc(C(=O)NC(C)(C)C)c2)c1. The summed E-state index contributed by atoms with van der Waals surface area (Å²) in [5.41, 5.74) is 1.34. The van der Waals surface area contributed by atoms with E-state index in [0.717, 1.165) is 5.56 Å². The average molecular weight is 346 g/mol. The van der Waals surface area contributed by atoms with Gasteiger partial charge in [0, 0.05) is 16.8 Å². The van der Waals surface area contributed by atoms with Crippen LogP contribution in [0.15, 0.2) is 53.4 Å². The van der Waals surface area contributed by atoms with Crippen molar-refractivity contribution >= 4 is 21.6 Å². The molecule has 5 nitrogen and oxygen atoms in total. The van der Waals surface area contributed by atoms with Gasteiger partial charge in [-0.25, -0.2) is 8.42 Å². The minimum Gasteiger partial charge on any atom is -0.347 e. The van der Waals surface area contributed by atoms with Crippen LogP contribution >= 0.6 is 0 Å². The quantitative estimate of drug-likeness (QED) is 0.892. The van der Waals surface area contributed by atoms with Crippen molar-refractivity contribution in [3.8, 4) is 0 Å². The largest absolute Gasteiger partial charge is 0.347 e. The van der Waals surface area contributed by atoms with Gasteiger partial charge in [-0.2, -0.15) is 0 Å². The van der Waals surface area contributed by atoms with Crippen LogP contribution in [0.3, 0.4) is 0 Å². The predicted octanol–water partition coefficient (Wildman–Crippen LogP) is 3.32. The summed E-state index contributed by atoms with van der Waals surface area (Å²) in [6.07, 6.45) is 0. The highest BCUT2D eigenvalue weighted by atomic mass is 32.2. The Balaban J connectivity index is 2.28. The minimum absolute atomic E-state index is 0.0468. The number of anilines is 1. The molecule has 0 aliphatic heterocycles. The van der Waals surface area contributed by atoms with E-state index in [2.05, 4.69) is 10.0 Å². The van der Waals surface area contributed by atoms with Crippen LogP contribution in [0.1, 0.15) is 36.7 Å². The predicted molar refractivity (Wildman–Crippen MR) is 95.6 cm³/mol. The number of nitrogens with one attached hydrogen (secondary N) is 2. The van der Waals surface area contributed by atoms with Gasteiger partial charge in [-0.05, 0) is 63.6 Å². The molecule has 0 saturated heterocycles. The lowest BCUT2D eigenvalue weighted by Crippen LogP contribution is -2.40. The molecule has 0 spiro atoms. The number of rotatable bonds is 4. The monoisotopic (exact) mass is 346 g/mol. The van der Waals surface area contributed by atoms with E-state index in [0.29, 0.717) is 11.3 Å². The lowest BCUT2D eigenvalue weighted by atomic mass is 10.1. The summed E-state index contributed by atoms with van der Waals surface area (Å²) in [6, 6.07) is 13.1. The molecule has 0 aliphatic rings. The van der Waals surface area contributed by atoms with Gasteiger partial charge in [0.2, 0.25) is 0 Å². The molecule has 6 heteroatoms. The second-order valence-electron chi connectivity index (χ2n) is 6.71. The first-order chi connectivity index (χ1) is 11.1. The molecule has 0 fully saturated rings. The summed E-state index contributed by atoms with van der Waals surface area (Å²) in [5.74, 6) is -0.310. The van der Waals surface area contributed by atoms with Crippen LogP contribution in [0.4, 0.5) is 5.69 Å². The molecule has 128 valence electrons. The van der Waals surface area contributed by atoms with Gasteiger partial charge >= 0.3 is 0 Å². The van der Waals surface area contributed by atoms with Crippen LogP contribution in [-0.2, 0) is 10.0 Å². The molecule has 0 unspecified atom stereocenters. The van der Waals surface area contributed by atoms with Gasteiger partial charge in [0.1, 0.15) is 0 Å².